The highest BCUT2D eigenvalue weighted by Crippen LogP contribution is 2.14. The number of morpholine rings is 1. The van der Waals surface area contributed by atoms with Gasteiger partial charge in [0.1, 0.15) is 0 Å². The summed E-state index contributed by atoms with van der Waals surface area (Å²) in [6.45, 7) is 7.20. The van der Waals surface area contributed by atoms with Gasteiger partial charge in [-0.05, 0) is 18.6 Å². The summed E-state index contributed by atoms with van der Waals surface area (Å²) in [5.41, 5.74) is 0.403. The zero-order valence-electron chi connectivity index (χ0n) is 14.0. The SMILES string of the molecule is CCCOC(=NCCN1CCOCC1)NC(=O)c1ccccc1Cl. The molecule has 1 fully saturated rings. The maximum absolute atomic E-state index is 12.3. The molecule has 0 atom stereocenters. The lowest BCUT2D eigenvalue weighted by Gasteiger charge is -2.25. The molecule has 1 aromatic carbocycles. The monoisotopic (exact) mass is 353 g/mol. The van der Waals surface area contributed by atoms with E-state index >= 15 is 0 Å². The van der Waals surface area contributed by atoms with Gasteiger partial charge < -0.3 is 9.47 Å². The smallest absolute Gasteiger partial charge is 0.291 e. The van der Waals surface area contributed by atoms with Gasteiger partial charge in [0, 0.05) is 19.6 Å². The summed E-state index contributed by atoms with van der Waals surface area (Å²) < 4.78 is 10.9. The number of ether oxygens (including phenoxy) is 2. The molecule has 0 saturated carbocycles. The Kier molecular flexibility index (Phi) is 8.01. The highest BCUT2D eigenvalue weighted by Gasteiger charge is 2.13. The molecule has 1 aliphatic heterocycles. The quantitative estimate of drug-likeness (QED) is 0.629. The Labute approximate surface area is 147 Å². The Bertz CT molecular complexity index is 560. The molecule has 7 heteroatoms. The van der Waals surface area contributed by atoms with Gasteiger partial charge in [-0.3, -0.25) is 15.0 Å². The predicted octanol–water partition coefficient (Wildman–Crippen LogP) is 2.18. The molecule has 0 radical (unpaired) electrons. The maximum Gasteiger partial charge on any atom is 0.291 e. The summed E-state index contributed by atoms with van der Waals surface area (Å²) in [7, 11) is 0. The van der Waals surface area contributed by atoms with Crippen molar-refractivity contribution in [3.8, 4) is 0 Å². The van der Waals surface area contributed by atoms with Gasteiger partial charge in [-0.25, -0.2) is 4.99 Å². The first kappa shape index (κ1) is 18.7. The van der Waals surface area contributed by atoms with E-state index in [4.69, 9.17) is 21.1 Å². The first-order valence-electron chi connectivity index (χ1n) is 8.24. The Morgan fingerprint density at radius 1 is 1.38 bits per heavy atom. The molecule has 132 valence electrons. The van der Waals surface area contributed by atoms with E-state index in [0.29, 0.717) is 23.7 Å². The minimum Gasteiger partial charge on any atom is -0.465 e. The standard InChI is InChI=1S/C17H24ClN3O3/c1-2-11-24-17(19-7-8-21-9-12-23-13-10-21)20-16(22)14-5-3-4-6-15(14)18/h3-6H,2,7-13H2,1H3,(H,19,20,22). The molecule has 6 nitrogen and oxygen atoms in total. The van der Waals surface area contributed by atoms with Crippen molar-refractivity contribution >= 4 is 23.5 Å². The normalized spacial score (nSPS) is 16.0. The van der Waals surface area contributed by atoms with Crippen molar-refractivity contribution in [3.05, 3.63) is 34.9 Å². The number of carbonyl (C=O) groups excluding carboxylic acids is 1. The molecule has 0 aliphatic carbocycles. The third-order valence-corrected chi connectivity index (χ3v) is 3.89. The molecule has 1 heterocycles. The molecule has 2 rings (SSSR count). The van der Waals surface area contributed by atoms with E-state index < -0.39 is 0 Å². The van der Waals surface area contributed by atoms with Crippen LogP contribution in [-0.4, -0.2) is 62.8 Å². The van der Waals surface area contributed by atoms with E-state index in [1.54, 1.807) is 24.3 Å². The van der Waals surface area contributed by atoms with E-state index in [-0.39, 0.29) is 11.9 Å². The molecule has 0 aromatic heterocycles. The summed E-state index contributed by atoms with van der Waals surface area (Å²) in [5.74, 6) is -0.318. The van der Waals surface area contributed by atoms with Crippen LogP contribution in [0.3, 0.4) is 0 Å². The minimum absolute atomic E-state index is 0.245. The molecule has 1 aromatic rings. The lowest BCUT2D eigenvalue weighted by Crippen LogP contribution is -2.38. The van der Waals surface area contributed by atoms with Crippen molar-refractivity contribution in [2.24, 2.45) is 4.99 Å². The highest BCUT2D eigenvalue weighted by atomic mass is 35.5. The van der Waals surface area contributed by atoms with Crippen LogP contribution in [0, 0.1) is 0 Å². The molecule has 1 amide bonds. The van der Waals surface area contributed by atoms with E-state index in [1.807, 2.05) is 6.92 Å². The van der Waals surface area contributed by atoms with Crippen LogP contribution >= 0.6 is 11.6 Å². The molecule has 1 N–H and O–H groups in total. The first-order chi connectivity index (χ1) is 11.7. The number of hydrogen-bond donors (Lipinski definition) is 1. The van der Waals surface area contributed by atoms with Crippen molar-refractivity contribution < 1.29 is 14.3 Å². The largest absolute Gasteiger partial charge is 0.465 e. The van der Waals surface area contributed by atoms with Crippen LogP contribution in [0.1, 0.15) is 23.7 Å². The van der Waals surface area contributed by atoms with Gasteiger partial charge in [-0.2, -0.15) is 0 Å². The van der Waals surface area contributed by atoms with Crippen LogP contribution < -0.4 is 5.32 Å². The molecule has 0 spiro atoms. The fourth-order valence-corrected chi connectivity index (χ4v) is 2.47. The van der Waals surface area contributed by atoms with Crippen molar-refractivity contribution in [3.63, 3.8) is 0 Å². The molecular weight excluding hydrogens is 330 g/mol. The summed E-state index contributed by atoms with van der Waals surface area (Å²) in [6, 6.07) is 7.14. The van der Waals surface area contributed by atoms with Gasteiger partial charge in [0.2, 0.25) is 0 Å². The minimum atomic E-state index is -0.318. The number of halogens is 1. The lowest BCUT2D eigenvalue weighted by molar-refractivity contribution is 0.0394. The number of aliphatic imine (C=N–C) groups is 1. The topological polar surface area (TPSA) is 63.2 Å². The number of rotatable bonds is 6. The van der Waals surface area contributed by atoms with Crippen molar-refractivity contribution in [2.75, 3.05) is 46.0 Å². The number of amidine groups is 1. The Hall–Kier alpha value is -1.63. The lowest BCUT2D eigenvalue weighted by atomic mass is 10.2. The Morgan fingerprint density at radius 3 is 2.83 bits per heavy atom. The van der Waals surface area contributed by atoms with E-state index in [0.717, 1.165) is 39.3 Å². The van der Waals surface area contributed by atoms with Crippen LogP contribution in [0.2, 0.25) is 5.02 Å². The molecule has 0 unspecified atom stereocenters. The van der Waals surface area contributed by atoms with Crippen LogP contribution in [0.4, 0.5) is 0 Å². The Morgan fingerprint density at radius 2 is 2.12 bits per heavy atom. The molecule has 24 heavy (non-hydrogen) atoms. The van der Waals surface area contributed by atoms with Gasteiger partial charge in [0.05, 0.1) is 37.0 Å². The number of nitrogens with one attached hydrogen (secondary N) is 1. The number of hydrogen-bond acceptors (Lipinski definition) is 5. The van der Waals surface area contributed by atoms with Gasteiger partial charge in [0.25, 0.3) is 11.9 Å². The summed E-state index contributed by atoms with van der Waals surface area (Å²) >= 11 is 6.05. The first-order valence-corrected chi connectivity index (χ1v) is 8.61. The Balaban J connectivity index is 1.92. The van der Waals surface area contributed by atoms with E-state index in [9.17, 15) is 4.79 Å². The zero-order chi connectivity index (χ0) is 17.2. The average Bonchev–Trinajstić information content (AvgIpc) is 2.60. The average molecular weight is 354 g/mol. The summed E-state index contributed by atoms with van der Waals surface area (Å²) in [4.78, 5) is 19.0. The second-order valence-corrected chi connectivity index (χ2v) is 5.83. The van der Waals surface area contributed by atoms with Crippen LogP contribution in [0.5, 0.6) is 0 Å². The van der Waals surface area contributed by atoms with Crippen molar-refractivity contribution in [2.45, 2.75) is 13.3 Å². The summed E-state index contributed by atoms with van der Waals surface area (Å²) in [6.07, 6.45) is 0.838. The molecule has 1 aliphatic rings. The fourth-order valence-electron chi connectivity index (χ4n) is 2.25. The van der Waals surface area contributed by atoms with Gasteiger partial charge in [0.15, 0.2) is 0 Å². The predicted molar refractivity (Wildman–Crippen MR) is 94.7 cm³/mol. The maximum atomic E-state index is 12.3. The van der Waals surface area contributed by atoms with Gasteiger partial charge >= 0.3 is 0 Å². The van der Waals surface area contributed by atoms with E-state index in [2.05, 4.69) is 15.2 Å². The zero-order valence-corrected chi connectivity index (χ0v) is 14.7. The van der Waals surface area contributed by atoms with Gasteiger partial charge in [-0.15, -0.1) is 0 Å². The van der Waals surface area contributed by atoms with Crippen molar-refractivity contribution in [1.29, 1.82) is 0 Å². The second-order valence-electron chi connectivity index (χ2n) is 5.42. The number of benzene rings is 1. The number of amides is 1. The van der Waals surface area contributed by atoms with Crippen LogP contribution in [0.15, 0.2) is 29.3 Å². The third-order valence-electron chi connectivity index (χ3n) is 3.56. The molecule has 1 saturated heterocycles. The third kappa shape index (κ3) is 6.11. The van der Waals surface area contributed by atoms with Crippen molar-refractivity contribution in [1.82, 2.24) is 10.2 Å². The summed E-state index contributed by atoms with van der Waals surface area (Å²) in [5, 5.41) is 3.11. The number of carbonyl (C=O) groups is 1. The van der Waals surface area contributed by atoms with Crippen LogP contribution in [0.25, 0.3) is 0 Å². The molecule has 0 bridgehead atoms. The molecular formula is C17H24ClN3O3. The number of nitrogens with zero attached hydrogens (tertiary/aromatic N) is 2. The van der Waals surface area contributed by atoms with Gasteiger partial charge in [-0.1, -0.05) is 30.7 Å². The fraction of sp³-hybridized carbons (Fsp3) is 0.529. The van der Waals surface area contributed by atoms with E-state index in [1.165, 1.54) is 0 Å². The van der Waals surface area contributed by atoms with Crippen LogP contribution in [-0.2, 0) is 9.47 Å². The second kappa shape index (κ2) is 10.3. The highest BCUT2D eigenvalue weighted by molar-refractivity contribution is 6.34.